The van der Waals surface area contributed by atoms with Gasteiger partial charge in [0.05, 0.1) is 8.07 Å². The highest BCUT2D eigenvalue weighted by atomic mass is 28.3. The Kier molecular flexibility index (Phi) is 7.70. The molecular weight excluding hydrogens is 456 g/mol. The average molecular weight is 507 g/mol. The molecule has 0 bridgehead atoms. The van der Waals surface area contributed by atoms with E-state index in [-0.39, 0.29) is 16.6 Å². The van der Waals surface area contributed by atoms with Gasteiger partial charge in [0.15, 0.2) is 0 Å². The summed E-state index contributed by atoms with van der Waals surface area (Å²) in [5, 5.41) is 0. The molecule has 1 aliphatic heterocycles. The predicted octanol–water partition coefficient (Wildman–Crippen LogP) is 9.57. The zero-order chi connectivity index (χ0) is 26.2. The van der Waals surface area contributed by atoms with Crippen molar-refractivity contribution >= 4 is 8.07 Å². The maximum atomic E-state index is 6.25. The van der Waals surface area contributed by atoms with Gasteiger partial charge in [-0.1, -0.05) is 114 Å². The Hall–Kier alpha value is -1.42. The van der Waals surface area contributed by atoms with Crippen LogP contribution in [0.25, 0.3) is 0 Å². The molecule has 1 atom stereocenters. The van der Waals surface area contributed by atoms with Crippen molar-refractivity contribution in [3.8, 4) is 0 Å². The van der Waals surface area contributed by atoms with Crippen molar-refractivity contribution in [1.82, 2.24) is 0 Å². The van der Waals surface area contributed by atoms with Gasteiger partial charge in [0.2, 0.25) is 0 Å². The van der Waals surface area contributed by atoms with Crippen molar-refractivity contribution in [2.24, 2.45) is 16.7 Å². The molecule has 0 radical (unpaired) electrons. The van der Waals surface area contributed by atoms with Gasteiger partial charge in [-0.05, 0) is 66.9 Å². The van der Waals surface area contributed by atoms with E-state index in [0.29, 0.717) is 11.0 Å². The maximum Gasteiger partial charge on any atom is 0.106 e. The summed E-state index contributed by atoms with van der Waals surface area (Å²) < 4.78 is 0. The largest absolute Gasteiger partial charge is 0.230 e. The molecule has 36 heavy (non-hydrogen) atoms. The van der Waals surface area contributed by atoms with Gasteiger partial charge >= 0.3 is 0 Å². The molecule has 1 saturated heterocycles. The fourth-order valence-electron chi connectivity index (χ4n) is 8.09. The summed E-state index contributed by atoms with van der Waals surface area (Å²) >= 11 is 0. The van der Waals surface area contributed by atoms with Crippen LogP contribution in [-0.2, 0) is 9.78 Å². The quantitative estimate of drug-likeness (QED) is 0.275. The van der Waals surface area contributed by atoms with E-state index in [1.54, 1.807) is 0 Å². The predicted molar refractivity (Wildman–Crippen MR) is 155 cm³/mol. The molecule has 1 spiro atoms. The highest BCUT2D eigenvalue weighted by Crippen LogP contribution is 2.53. The minimum Gasteiger partial charge on any atom is -0.230 e. The fourth-order valence-corrected chi connectivity index (χ4v) is 13.1. The van der Waals surface area contributed by atoms with E-state index in [2.05, 4.69) is 115 Å². The lowest BCUT2D eigenvalue weighted by molar-refractivity contribution is -0.355. The van der Waals surface area contributed by atoms with Gasteiger partial charge in [0, 0.05) is 12.0 Å². The topological polar surface area (TPSA) is 18.5 Å². The molecule has 2 aliphatic rings. The molecule has 2 fully saturated rings. The van der Waals surface area contributed by atoms with E-state index in [1.807, 2.05) is 0 Å². The second-order valence-corrected chi connectivity index (χ2v) is 19.8. The first-order valence-corrected chi connectivity index (χ1v) is 17.5. The zero-order valence-electron chi connectivity index (χ0n) is 24.2. The first kappa shape index (κ1) is 27.6. The van der Waals surface area contributed by atoms with Gasteiger partial charge in [-0.3, -0.25) is 0 Å². The van der Waals surface area contributed by atoms with Crippen LogP contribution in [0.1, 0.15) is 96.7 Å². The molecule has 4 rings (SSSR count). The van der Waals surface area contributed by atoms with Gasteiger partial charge in [0.1, 0.15) is 11.2 Å². The Labute approximate surface area is 222 Å². The molecule has 2 aromatic rings. The third-order valence-corrected chi connectivity index (χ3v) is 13.2. The summed E-state index contributed by atoms with van der Waals surface area (Å²) in [7, 11) is -1.73. The van der Waals surface area contributed by atoms with Crippen LogP contribution in [-0.4, -0.2) is 19.3 Å². The Morgan fingerprint density at radius 3 is 1.81 bits per heavy atom. The fraction of sp³-hybridized carbons (Fsp3) is 0.636. The second kappa shape index (κ2) is 10.0. The first-order valence-electron chi connectivity index (χ1n) is 14.2. The first-order chi connectivity index (χ1) is 16.7. The smallest absolute Gasteiger partial charge is 0.106 e. The van der Waals surface area contributed by atoms with Crippen molar-refractivity contribution < 1.29 is 9.78 Å². The van der Waals surface area contributed by atoms with Crippen LogP contribution in [0.4, 0.5) is 0 Å². The molecule has 1 heterocycles. The zero-order valence-corrected chi connectivity index (χ0v) is 25.2. The van der Waals surface area contributed by atoms with Gasteiger partial charge in [-0.2, -0.15) is 0 Å². The van der Waals surface area contributed by atoms with E-state index in [1.165, 1.54) is 30.0 Å². The van der Waals surface area contributed by atoms with E-state index >= 15 is 0 Å². The number of rotatable bonds is 7. The van der Waals surface area contributed by atoms with E-state index in [9.17, 15) is 0 Å². The Morgan fingerprint density at radius 2 is 1.33 bits per heavy atom. The van der Waals surface area contributed by atoms with Crippen molar-refractivity contribution in [2.75, 3.05) is 0 Å². The minimum absolute atomic E-state index is 0.0733. The monoisotopic (exact) mass is 506 g/mol. The molecule has 3 heteroatoms. The second-order valence-electron chi connectivity index (χ2n) is 14.9. The van der Waals surface area contributed by atoms with Crippen molar-refractivity contribution in [3.05, 3.63) is 71.8 Å². The van der Waals surface area contributed by atoms with Crippen molar-refractivity contribution in [1.29, 1.82) is 0 Å². The standard InChI is InChI=1S/C33H50O2Si/c1-30(2,3)28-19-21-33(22-20-28)24-32(6,34-35-33)23-31(4,5)25-36(7,8)29(26-15-11-9-12-16-26)27-17-13-10-14-18-27/h9-18,28-29H,19-25H2,1-8H3. The van der Waals surface area contributed by atoms with Gasteiger partial charge in [-0.15, -0.1) is 0 Å². The summed E-state index contributed by atoms with van der Waals surface area (Å²) in [5.41, 5.74) is 3.66. The maximum absolute atomic E-state index is 6.25. The van der Waals surface area contributed by atoms with E-state index in [0.717, 1.165) is 31.6 Å². The van der Waals surface area contributed by atoms with Crippen LogP contribution in [0, 0.1) is 16.7 Å². The van der Waals surface area contributed by atoms with Crippen LogP contribution >= 0.6 is 0 Å². The van der Waals surface area contributed by atoms with Crippen LogP contribution in [0.15, 0.2) is 60.7 Å². The lowest BCUT2D eigenvalue weighted by Gasteiger charge is -2.42. The SMILES string of the molecule is CC(C)(CC1(C)CC2(CCC(C(C)(C)C)CC2)OO1)C[Si](C)(C)C(c1ccccc1)c1ccccc1. The highest BCUT2D eigenvalue weighted by Gasteiger charge is 2.53. The van der Waals surface area contributed by atoms with Crippen LogP contribution in [0.5, 0.6) is 0 Å². The molecule has 0 N–H and O–H groups in total. The van der Waals surface area contributed by atoms with Gasteiger partial charge in [-0.25, -0.2) is 9.78 Å². The summed E-state index contributed by atoms with van der Waals surface area (Å²) in [6, 6.07) is 23.6. The lowest BCUT2D eigenvalue weighted by atomic mass is 9.66. The third kappa shape index (κ3) is 6.34. The minimum atomic E-state index is -1.73. The molecule has 2 aromatic carbocycles. The summed E-state index contributed by atoms with van der Waals surface area (Å²) in [5.74, 6) is 0.787. The normalized spacial score (nSPS) is 27.6. The third-order valence-electron chi connectivity index (χ3n) is 9.07. The Bertz CT molecular complexity index is 944. The number of benzene rings is 2. The van der Waals surface area contributed by atoms with Crippen LogP contribution in [0.2, 0.25) is 19.1 Å². The van der Waals surface area contributed by atoms with Crippen molar-refractivity contribution in [2.45, 2.75) is 116 Å². The molecule has 198 valence electrons. The molecule has 1 aliphatic carbocycles. The van der Waals surface area contributed by atoms with E-state index in [4.69, 9.17) is 9.78 Å². The van der Waals surface area contributed by atoms with E-state index < -0.39 is 8.07 Å². The Morgan fingerprint density at radius 1 is 0.833 bits per heavy atom. The summed E-state index contributed by atoms with van der Waals surface area (Å²) in [6.45, 7) is 19.6. The Balaban J connectivity index is 1.48. The van der Waals surface area contributed by atoms with Crippen molar-refractivity contribution in [3.63, 3.8) is 0 Å². The summed E-state index contributed by atoms with van der Waals surface area (Å²) in [4.78, 5) is 12.5. The summed E-state index contributed by atoms with van der Waals surface area (Å²) in [6.07, 6.45) is 6.84. The molecular formula is C33H50O2Si. The number of hydrogen-bond donors (Lipinski definition) is 0. The molecule has 1 saturated carbocycles. The molecule has 0 amide bonds. The lowest BCUT2D eigenvalue weighted by Crippen LogP contribution is -2.43. The number of hydrogen-bond acceptors (Lipinski definition) is 2. The van der Waals surface area contributed by atoms with Gasteiger partial charge in [0.25, 0.3) is 0 Å². The van der Waals surface area contributed by atoms with Crippen LogP contribution < -0.4 is 0 Å². The molecule has 2 nitrogen and oxygen atoms in total. The van der Waals surface area contributed by atoms with Crippen LogP contribution in [0.3, 0.4) is 0 Å². The van der Waals surface area contributed by atoms with Gasteiger partial charge < -0.3 is 0 Å². The molecule has 0 aromatic heterocycles. The molecule has 1 unspecified atom stereocenters. The average Bonchev–Trinajstić information content (AvgIpc) is 3.08. The highest BCUT2D eigenvalue weighted by molar-refractivity contribution is 6.79.